The molecule has 1 saturated heterocycles. The molecule has 4 rings (SSSR count). The second-order valence-electron chi connectivity index (χ2n) is 6.19. The van der Waals surface area contributed by atoms with Crippen molar-refractivity contribution in [3.05, 3.63) is 60.4 Å². The molecule has 0 bridgehead atoms. The Balaban J connectivity index is 1.62. The highest BCUT2D eigenvalue weighted by Crippen LogP contribution is 2.28. The molecular weight excluding hydrogens is 298 g/mol. The predicted octanol–water partition coefficient (Wildman–Crippen LogP) is 4.20. The number of aromatic nitrogens is 2. The number of ether oxygens (including phenoxy) is 1. The van der Waals surface area contributed by atoms with Crippen LogP contribution in [0, 0.1) is 0 Å². The number of rotatable bonds is 4. The molecule has 3 heterocycles. The average Bonchev–Trinajstić information content (AvgIpc) is 2.67. The molecule has 0 atom stereocenters. The molecular formula is C20H21N3O. The van der Waals surface area contributed by atoms with E-state index >= 15 is 0 Å². The third kappa shape index (κ3) is 3.18. The number of hydrogen-bond acceptors (Lipinski definition) is 4. The molecule has 1 aliphatic heterocycles. The summed E-state index contributed by atoms with van der Waals surface area (Å²) >= 11 is 0. The van der Waals surface area contributed by atoms with Crippen LogP contribution in [-0.2, 0) is 6.61 Å². The van der Waals surface area contributed by atoms with Gasteiger partial charge in [0.15, 0.2) is 0 Å². The van der Waals surface area contributed by atoms with Gasteiger partial charge in [-0.1, -0.05) is 18.2 Å². The zero-order chi connectivity index (χ0) is 16.2. The normalized spacial score (nSPS) is 14.8. The van der Waals surface area contributed by atoms with Crippen LogP contribution >= 0.6 is 0 Å². The van der Waals surface area contributed by atoms with E-state index in [4.69, 9.17) is 9.72 Å². The Labute approximate surface area is 142 Å². The summed E-state index contributed by atoms with van der Waals surface area (Å²) < 4.78 is 6.03. The van der Waals surface area contributed by atoms with Crippen LogP contribution in [0.2, 0.25) is 0 Å². The predicted molar refractivity (Wildman–Crippen MR) is 96.4 cm³/mol. The van der Waals surface area contributed by atoms with Gasteiger partial charge in [0.05, 0.1) is 0 Å². The minimum absolute atomic E-state index is 0.503. The van der Waals surface area contributed by atoms with E-state index in [1.54, 1.807) is 6.20 Å². The van der Waals surface area contributed by atoms with Gasteiger partial charge in [0.2, 0.25) is 0 Å². The Morgan fingerprint density at radius 3 is 2.71 bits per heavy atom. The molecule has 0 amide bonds. The second kappa shape index (κ2) is 6.87. The molecule has 1 aromatic carbocycles. The number of para-hydroxylation sites is 1. The molecule has 2 aromatic heterocycles. The van der Waals surface area contributed by atoms with Crippen molar-refractivity contribution in [3.63, 3.8) is 0 Å². The fourth-order valence-electron chi connectivity index (χ4n) is 3.17. The van der Waals surface area contributed by atoms with E-state index in [0.717, 1.165) is 41.1 Å². The molecule has 0 spiro atoms. The first-order chi connectivity index (χ1) is 11.9. The molecule has 0 N–H and O–H groups in total. The van der Waals surface area contributed by atoms with Gasteiger partial charge in [0, 0.05) is 36.4 Å². The van der Waals surface area contributed by atoms with E-state index in [0.29, 0.717) is 6.61 Å². The fraction of sp³-hybridized carbons (Fsp3) is 0.300. The zero-order valence-corrected chi connectivity index (χ0v) is 13.7. The smallest absolute Gasteiger partial charge is 0.146 e. The lowest BCUT2D eigenvalue weighted by atomic mass is 10.1. The van der Waals surface area contributed by atoms with Crippen molar-refractivity contribution in [2.75, 3.05) is 18.0 Å². The van der Waals surface area contributed by atoms with Gasteiger partial charge in [0.1, 0.15) is 23.7 Å². The Kier molecular flexibility index (Phi) is 4.28. The van der Waals surface area contributed by atoms with Crippen LogP contribution < -0.4 is 9.64 Å². The fourth-order valence-corrected chi connectivity index (χ4v) is 3.17. The van der Waals surface area contributed by atoms with Gasteiger partial charge in [-0.2, -0.15) is 0 Å². The van der Waals surface area contributed by atoms with E-state index in [1.807, 2.05) is 30.5 Å². The summed E-state index contributed by atoms with van der Waals surface area (Å²) in [7, 11) is 0. The van der Waals surface area contributed by atoms with Gasteiger partial charge in [-0.05, 0) is 43.5 Å². The summed E-state index contributed by atoms with van der Waals surface area (Å²) in [5.74, 6) is 1.88. The number of hydrogen-bond donors (Lipinski definition) is 0. The van der Waals surface area contributed by atoms with Crippen LogP contribution in [0.4, 0.5) is 5.82 Å². The Morgan fingerprint density at radius 1 is 0.958 bits per heavy atom. The van der Waals surface area contributed by atoms with Crippen molar-refractivity contribution >= 4 is 16.7 Å². The molecule has 122 valence electrons. The van der Waals surface area contributed by atoms with Crippen molar-refractivity contribution in [2.45, 2.75) is 25.9 Å². The van der Waals surface area contributed by atoms with Crippen LogP contribution in [0.3, 0.4) is 0 Å². The van der Waals surface area contributed by atoms with Crippen molar-refractivity contribution < 1.29 is 4.74 Å². The number of nitrogens with zero attached hydrogens (tertiary/aromatic N) is 3. The average molecular weight is 319 g/mol. The van der Waals surface area contributed by atoms with Gasteiger partial charge in [-0.3, -0.25) is 4.98 Å². The number of anilines is 1. The number of piperidine rings is 1. The van der Waals surface area contributed by atoms with E-state index in [-0.39, 0.29) is 0 Å². The number of fused-ring (bicyclic) bond motifs is 1. The number of benzene rings is 1. The zero-order valence-electron chi connectivity index (χ0n) is 13.7. The highest BCUT2D eigenvalue weighted by molar-refractivity contribution is 5.86. The molecule has 24 heavy (non-hydrogen) atoms. The van der Waals surface area contributed by atoms with Crippen molar-refractivity contribution in [3.8, 4) is 5.75 Å². The summed E-state index contributed by atoms with van der Waals surface area (Å²) in [6, 6.07) is 14.3. The summed E-state index contributed by atoms with van der Waals surface area (Å²) in [4.78, 5) is 11.4. The molecule has 1 fully saturated rings. The van der Waals surface area contributed by atoms with Gasteiger partial charge >= 0.3 is 0 Å². The van der Waals surface area contributed by atoms with E-state index < -0.39 is 0 Å². The Bertz CT molecular complexity index is 813. The topological polar surface area (TPSA) is 38.2 Å². The molecule has 0 radical (unpaired) electrons. The van der Waals surface area contributed by atoms with Crippen LogP contribution in [-0.4, -0.2) is 23.1 Å². The quantitative estimate of drug-likeness (QED) is 0.722. The molecule has 0 aliphatic carbocycles. The standard InChI is InChI=1S/C20H21N3O/c1-2-12-23(13-3-1)19-10-9-17-7-4-8-18(20(17)22-19)24-15-16-6-5-11-21-14-16/h4-11,14H,1-3,12-13,15H2. The van der Waals surface area contributed by atoms with E-state index in [1.165, 1.54) is 19.3 Å². The van der Waals surface area contributed by atoms with Crippen molar-refractivity contribution in [2.24, 2.45) is 0 Å². The van der Waals surface area contributed by atoms with Crippen LogP contribution in [0.1, 0.15) is 24.8 Å². The number of pyridine rings is 2. The molecule has 3 aromatic rings. The first-order valence-electron chi connectivity index (χ1n) is 8.56. The molecule has 4 heteroatoms. The lowest BCUT2D eigenvalue weighted by Crippen LogP contribution is -2.30. The largest absolute Gasteiger partial charge is 0.487 e. The highest BCUT2D eigenvalue weighted by Gasteiger charge is 2.13. The summed E-state index contributed by atoms with van der Waals surface area (Å²) in [6.45, 7) is 2.69. The molecule has 0 saturated carbocycles. The third-order valence-electron chi connectivity index (χ3n) is 4.47. The molecule has 0 unspecified atom stereocenters. The minimum Gasteiger partial charge on any atom is -0.487 e. The highest BCUT2D eigenvalue weighted by atomic mass is 16.5. The SMILES string of the molecule is c1cncc(COc2cccc3ccc(N4CCCCC4)nc23)c1. The first-order valence-corrected chi connectivity index (χ1v) is 8.56. The van der Waals surface area contributed by atoms with Crippen molar-refractivity contribution in [1.82, 2.24) is 9.97 Å². The lowest BCUT2D eigenvalue weighted by Gasteiger charge is -2.28. The van der Waals surface area contributed by atoms with Crippen LogP contribution in [0.5, 0.6) is 5.75 Å². The van der Waals surface area contributed by atoms with Gasteiger partial charge in [-0.25, -0.2) is 4.98 Å². The molecule has 4 nitrogen and oxygen atoms in total. The van der Waals surface area contributed by atoms with Crippen molar-refractivity contribution in [1.29, 1.82) is 0 Å². The maximum atomic E-state index is 6.03. The maximum Gasteiger partial charge on any atom is 0.146 e. The van der Waals surface area contributed by atoms with Gasteiger partial charge < -0.3 is 9.64 Å². The van der Waals surface area contributed by atoms with Gasteiger partial charge in [0.25, 0.3) is 0 Å². The lowest BCUT2D eigenvalue weighted by molar-refractivity contribution is 0.309. The summed E-state index contributed by atoms with van der Waals surface area (Å²) in [6.07, 6.45) is 7.42. The summed E-state index contributed by atoms with van der Waals surface area (Å²) in [5, 5.41) is 1.11. The van der Waals surface area contributed by atoms with Gasteiger partial charge in [-0.15, -0.1) is 0 Å². The van der Waals surface area contributed by atoms with E-state index in [9.17, 15) is 0 Å². The first kappa shape index (κ1) is 14.9. The third-order valence-corrected chi connectivity index (χ3v) is 4.47. The maximum absolute atomic E-state index is 6.03. The summed E-state index contributed by atoms with van der Waals surface area (Å²) in [5.41, 5.74) is 1.99. The van der Waals surface area contributed by atoms with E-state index in [2.05, 4.69) is 28.1 Å². The Morgan fingerprint density at radius 2 is 1.88 bits per heavy atom. The van der Waals surface area contributed by atoms with Crippen LogP contribution in [0.15, 0.2) is 54.9 Å². The molecule has 1 aliphatic rings. The Hall–Kier alpha value is -2.62. The van der Waals surface area contributed by atoms with Crippen LogP contribution in [0.25, 0.3) is 10.9 Å². The second-order valence-corrected chi connectivity index (χ2v) is 6.19. The monoisotopic (exact) mass is 319 g/mol. The minimum atomic E-state index is 0.503.